The van der Waals surface area contributed by atoms with Crippen LogP contribution in [0.15, 0.2) is 58.1 Å². The molecule has 0 spiro atoms. The highest BCUT2D eigenvalue weighted by Gasteiger charge is 2.20. The van der Waals surface area contributed by atoms with Crippen molar-refractivity contribution in [1.82, 2.24) is 19.7 Å². The molecule has 2 aromatic carbocycles. The van der Waals surface area contributed by atoms with Gasteiger partial charge in [0.05, 0.1) is 18.8 Å². The van der Waals surface area contributed by atoms with Crippen molar-refractivity contribution in [3.05, 3.63) is 91.8 Å². The van der Waals surface area contributed by atoms with Crippen LogP contribution in [0.2, 0.25) is 0 Å². The molecule has 0 aliphatic carbocycles. The van der Waals surface area contributed by atoms with E-state index in [1.807, 2.05) is 44.2 Å². The summed E-state index contributed by atoms with van der Waals surface area (Å²) in [5.74, 6) is -0.656. The Kier molecular flexibility index (Phi) is 6.58. The van der Waals surface area contributed by atoms with Crippen molar-refractivity contribution < 1.29 is 9.53 Å². The van der Waals surface area contributed by atoms with Gasteiger partial charge in [-0.2, -0.15) is 9.78 Å². The number of hydrogen-bond acceptors (Lipinski definition) is 5. The lowest BCUT2D eigenvalue weighted by atomic mass is 10.1. The van der Waals surface area contributed by atoms with Gasteiger partial charge >= 0.3 is 5.69 Å². The fraction of sp³-hybridized carbons (Fsp3) is 0.273. The second-order valence-electron chi connectivity index (χ2n) is 7.01. The maximum absolute atomic E-state index is 13.1. The Balaban J connectivity index is 2.15. The lowest BCUT2D eigenvalue weighted by Gasteiger charge is -2.13. The summed E-state index contributed by atoms with van der Waals surface area (Å²) < 4.78 is 7.05. The van der Waals surface area contributed by atoms with Crippen LogP contribution >= 0.6 is 0 Å². The van der Waals surface area contributed by atoms with Crippen LogP contribution in [0, 0.1) is 13.8 Å². The third-order valence-corrected chi connectivity index (χ3v) is 4.54. The molecule has 0 saturated heterocycles. The molecule has 0 aliphatic heterocycles. The number of nitrogens with zero attached hydrogens (tertiary/aromatic N) is 3. The van der Waals surface area contributed by atoms with Gasteiger partial charge in [-0.15, -0.1) is 0 Å². The molecule has 8 nitrogen and oxygen atoms in total. The van der Waals surface area contributed by atoms with Crippen molar-refractivity contribution in [3.8, 4) is 5.69 Å². The smallest absolute Gasteiger partial charge is 0.352 e. The average Bonchev–Trinajstić information content (AvgIpc) is 2.71. The summed E-state index contributed by atoms with van der Waals surface area (Å²) in [7, 11) is 1.51. The van der Waals surface area contributed by atoms with Crippen molar-refractivity contribution in [1.29, 1.82) is 0 Å². The number of methoxy groups -OCH3 is 1. The van der Waals surface area contributed by atoms with Crippen LogP contribution in [0.5, 0.6) is 0 Å². The summed E-state index contributed by atoms with van der Waals surface area (Å²) >= 11 is 0. The number of aryl methyl sites for hydroxylation is 2. The van der Waals surface area contributed by atoms with Crippen molar-refractivity contribution in [2.45, 2.75) is 20.4 Å². The first-order valence-corrected chi connectivity index (χ1v) is 9.54. The predicted molar refractivity (Wildman–Crippen MR) is 113 cm³/mol. The Labute approximate surface area is 173 Å². The summed E-state index contributed by atoms with van der Waals surface area (Å²) in [5.41, 5.74) is 1.49. The predicted octanol–water partition coefficient (Wildman–Crippen LogP) is 1.44. The van der Waals surface area contributed by atoms with Gasteiger partial charge in [0.1, 0.15) is 0 Å². The van der Waals surface area contributed by atoms with Gasteiger partial charge < -0.3 is 10.1 Å². The van der Waals surface area contributed by atoms with Crippen molar-refractivity contribution >= 4 is 5.91 Å². The monoisotopic (exact) mass is 408 g/mol. The molecule has 156 valence electrons. The third-order valence-electron chi connectivity index (χ3n) is 4.54. The van der Waals surface area contributed by atoms with Crippen LogP contribution in [-0.4, -0.2) is 40.5 Å². The number of hydrogen-bond donors (Lipinski definition) is 1. The molecule has 0 saturated carbocycles. The minimum absolute atomic E-state index is 0.0338. The van der Waals surface area contributed by atoms with E-state index in [1.54, 1.807) is 18.2 Å². The summed E-state index contributed by atoms with van der Waals surface area (Å²) in [5, 5.41) is 6.69. The van der Waals surface area contributed by atoms with E-state index in [0.29, 0.717) is 12.3 Å². The summed E-state index contributed by atoms with van der Waals surface area (Å²) in [6, 6.07) is 14.6. The van der Waals surface area contributed by atoms with Crippen molar-refractivity contribution in [2.75, 3.05) is 20.3 Å². The SMILES string of the molecule is COCCNC(=O)c1nn(-c2cccc(C)c2)c(=O)n(Cc2cccc(C)c2)c1=O. The lowest BCUT2D eigenvalue weighted by molar-refractivity contribution is 0.0927. The zero-order valence-corrected chi connectivity index (χ0v) is 17.2. The van der Waals surface area contributed by atoms with Gasteiger partial charge in [-0.1, -0.05) is 42.0 Å². The fourth-order valence-corrected chi connectivity index (χ4v) is 3.07. The molecule has 1 aromatic heterocycles. The average molecular weight is 408 g/mol. The zero-order valence-electron chi connectivity index (χ0n) is 17.2. The van der Waals surface area contributed by atoms with Crippen LogP contribution in [0.4, 0.5) is 0 Å². The summed E-state index contributed by atoms with van der Waals surface area (Å²) in [6.07, 6.45) is 0. The van der Waals surface area contributed by atoms with E-state index in [-0.39, 0.29) is 18.8 Å². The number of aromatic nitrogens is 3. The molecule has 1 heterocycles. The second-order valence-corrected chi connectivity index (χ2v) is 7.01. The Morgan fingerprint density at radius 2 is 1.77 bits per heavy atom. The molecule has 0 atom stereocenters. The number of carbonyl (C=O) groups is 1. The van der Waals surface area contributed by atoms with Crippen molar-refractivity contribution in [2.24, 2.45) is 0 Å². The quantitative estimate of drug-likeness (QED) is 0.597. The molecule has 0 radical (unpaired) electrons. The Morgan fingerprint density at radius 1 is 1.07 bits per heavy atom. The molecule has 0 unspecified atom stereocenters. The molecule has 1 amide bonds. The van der Waals surface area contributed by atoms with Gasteiger partial charge in [0.25, 0.3) is 11.5 Å². The Morgan fingerprint density at radius 3 is 2.43 bits per heavy atom. The van der Waals surface area contributed by atoms with E-state index in [1.165, 1.54) is 7.11 Å². The minimum atomic E-state index is -0.736. The van der Waals surface area contributed by atoms with Gasteiger partial charge in [0.15, 0.2) is 0 Å². The minimum Gasteiger partial charge on any atom is -0.383 e. The molecule has 3 rings (SSSR count). The fourth-order valence-electron chi connectivity index (χ4n) is 3.07. The summed E-state index contributed by atoms with van der Waals surface area (Å²) in [6.45, 7) is 4.36. The normalized spacial score (nSPS) is 10.8. The molecule has 0 bridgehead atoms. The van der Waals surface area contributed by atoms with Gasteiger partial charge in [-0.05, 0) is 37.1 Å². The molecule has 0 fully saturated rings. The largest absolute Gasteiger partial charge is 0.383 e. The van der Waals surface area contributed by atoms with Gasteiger partial charge in [0.2, 0.25) is 5.69 Å². The second kappa shape index (κ2) is 9.32. The van der Waals surface area contributed by atoms with E-state index in [0.717, 1.165) is 25.9 Å². The number of nitrogens with one attached hydrogen (secondary N) is 1. The number of ether oxygens (including phenoxy) is 1. The standard InChI is InChI=1S/C22H24N4O4/c1-15-6-4-8-17(12-15)14-25-21(28)19(20(27)23-10-11-30-3)24-26(22(25)29)18-9-5-7-16(2)13-18/h4-9,12-13H,10-11,14H2,1-3H3,(H,23,27). The van der Waals surface area contributed by atoms with Gasteiger partial charge in [-0.25, -0.2) is 4.79 Å². The van der Waals surface area contributed by atoms with E-state index >= 15 is 0 Å². The first-order valence-electron chi connectivity index (χ1n) is 9.54. The topological polar surface area (TPSA) is 95.2 Å². The molecule has 8 heteroatoms. The van der Waals surface area contributed by atoms with E-state index in [9.17, 15) is 14.4 Å². The first-order chi connectivity index (χ1) is 14.4. The Hall–Kier alpha value is -3.52. The zero-order chi connectivity index (χ0) is 21.7. The van der Waals surface area contributed by atoms with E-state index in [2.05, 4.69) is 10.4 Å². The molecule has 1 N–H and O–H groups in total. The maximum Gasteiger partial charge on any atom is 0.352 e. The van der Waals surface area contributed by atoms with Crippen LogP contribution in [0.1, 0.15) is 27.2 Å². The highest BCUT2D eigenvalue weighted by molar-refractivity contribution is 5.91. The Bertz CT molecular complexity index is 1180. The van der Waals surface area contributed by atoms with Gasteiger partial charge in [0, 0.05) is 13.7 Å². The van der Waals surface area contributed by atoms with Crippen LogP contribution in [0.3, 0.4) is 0 Å². The molecule has 30 heavy (non-hydrogen) atoms. The van der Waals surface area contributed by atoms with Crippen LogP contribution in [0.25, 0.3) is 5.69 Å². The third kappa shape index (κ3) is 4.72. The number of carbonyl (C=O) groups excluding carboxylic acids is 1. The van der Waals surface area contributed by atoms with E-state index < -0.39 is 17.2 Å². The number of rotatable bonds is 7. The molecule has 3 aromatic rings. The number of benzene rings is 2. The maximum atomic E-state index is 13.1. The van der Waals surface area contributed by atoms with Gasteiger partial charge in [-0.3, -0.25) is 14.2 Å². The first kappa shape index (κ1) is 21.2. The molecule has 0 aliphatic rings. The van der Waals surface area contributed by atoms with E-state index in [4.69, 9.17) is 4.74 Å². The number of amides is 1. The van der Waals surface area contributed by atoms with Crippen molar-refractivity contribution in [3.63, 3.8) is 0 Å². The molecular formula is C22H24N4O4. The summed E-state index contributed by atoms with van der Waals surface area (Å²) in [4.78, 5) is 38.7. The molecular weight excluding hydrogens is 384 g/mol. The highest BCUT2D eigenvalue weighted by Crippen LogP contribution is 2.08. The van der Waals surface area contributed by atoms with Crippen LogP contribution in [-0.2, 0) is 11.3 Å². The lowest BCUT2D eigenvalue weighted by Crippen LogP contribution is -2.46. The van der Waals surface area contributed by atoms with Crippen LogP contribution < -0.4 is 16.6 Å². The highest BCUT2D eigenvalue weighted by atomic mass is 16.5.